The SMILES string of the molecule is CC(=O)NC1CC(C(C)C)CN(C2CC2)C1. The summed E-state index contributed by atoms with van der Waals surface area (Å²) in [6.07, 6.45) is 3.87. The van der Waals surface area contributed by atoms with Crippen molar-refractivity contribution < 1.29 is 4.79 Å². The van der Waals surface area contributed by atoms with Gasteiger partial charge in [-0.25, -0.2) is 0 Å². The summed E-state index contributed by atoms with van der Waals surface area (Å²) in [6.45, 7) is 8.52. The van der Waals surface area contributed by atoms with Gasteiger partial charge in [0.1, 0.15) is 0 Å². The molecule has 16 heavy (non-hydrogen) atoms. The minimum Gasteiger partial charge on any atom is -0.352 e. The molecule has 0 aromatic rings. The van der Waals surface area contributed by atoms with Crippen LogP contribution in [0.15, 0.2) is 0 Å². The van der Waals surface area contributed by atoms with Gasteiger partial charge in [0.15, 0.2) is 0 Å². The first-order chi connectivity index (χ1) is 7.56. The number of hydrogen-bond acceptors (Lipinski definition) is 2. The Balaban J connectivity index is 1.95. The second-order valence-corrected chi connectivity index (χ2v) is 5.82. The molecule has 1 heterocycles. The van der Waals surface area contributed by atoms with Crippen molar-refractivity contribution in [2.24, 2.45) is 11.8 Å². The van der Waals surface area contributed by atoms with E-state index in [4.69, 9.17) is 0 Å². The Hall–Kier alpha value is -0.570. The minimum absolute atomic E-state index is 0.116. The fraction of sp³-hybridized carbons (Fsp3) is 0.923. The zero-order chi connectivity index (χ0) is 11.7. The van der Waals surface area contributed by atoms with Gasteiger partial charge in [0.25, 0.3) is 0 Å². The highest BCUT2D eigenvalue weighted by Gasteiger charge is 2.36. The van der Waals surface area contributed by atoms with Crippen molar-refractivity contribution in [3.8, 4) is 0 Å². The van der Waals surface area contributed by atoms with Crippen molar-refractivity contribution in [1.29, 1.82) is 0 Å². The lowest BCUT2D eigenvalue weighted by atomic mass is 9.85. The summed E-state index contributed by atoms with van der Waals surface area (Å²) in [5.41, 5.74) is 0. The van der Waals surface area contributed by atoms with Crippen molar-refractivity contribution in [3.05, 3.63) is 0 Å². The van der Waals surface area contributed by atoms with Gasteiger partial charge in [0.05, 0.1) is 0 Å². The maximum absolute atomic E-state index is 11.2. The fourth-order valence-electron chi connectivity index (χ4n) is 2.79. The highest BCUT2D eigenvalue weighted by Crippen LogP contribution is 2.33. The number of hydrogen-bond donors (Lipinski definition) is 1. The predicted octanol–water partition coefficient (Wildman–Crippen LogP) is 1.63. The first kappa shape index (κ1) is 11.9. The second-order valence-electron chi connectivity index (χ2n) is 5.82. The molecule has 0 aromatic carbocycles. The summed E-state index contributed by atoms with van der Waals surface area (Å²) in [4.78, 5) is 13.7. The monoisotopic (exact) mass is 224 g/mol. The van der Waals surface area contributed by atoms with E-state index in [0.717, 1.165) is 30.8 Å². The molecular weight excluding hydrogens is 200 g/mol. The van der Waals surface area contributed by atoms with Crippen molar-refractivity contribution in [2.75, 3.05) is 13.1 Å². The lowest BCUT2D eigenvalue weighted by Gasteiger charge is -2.39. The van der Waals surface area contributed by atoms with E-state index in [1.807, 2.05) is 0 Å². The molecule has 1 aliphatic heterocycles. The van der Waals surface area contributed by atoms with E-state index in [1.54, 1.807) is 6.92 Å². The van der Waals surface area contributed by atoms with Crippen molar-refractivity contribution >= 4 is 5.91 Å². The third-order valence-electron chi connectivity index (χ3n) is 3.92. The molecule has 2 atom stereocenters. The molecule has 1 N–H and O–H groups in total. The number of likely N-dealkylation sites (tertiary alicyclic amines) is 1. The van der Waals surface area contributed by atoms with Crippen LogP contribution in [0, 0.1) is 11.8 Å². The van der Waals surface area contributed by atoms with Gasteiger partial charge in [-0.3, -0.25) is 9.69 Å². The molecule has 3 nitrogen and oxygen atoms in total. The van der Waals surface area contributed by atoms with Crippen LogP contribution in [0.25, 0.3) is 0 Å². The minimum atomic E-state index is 0.116. The molecule has 2 rings (SSSR count). The third kappa shape index (κ3) is 2.97. The number of nitrogens with zero attached hydrogens (tertiary/aromatic N) is 1. The van der Waals surface area contributed by atoms with E-state index >= 15 is 0 Å². The quantitative estimate of drug-likeness (QED) is 0.790. The molecule has 0 aromatic heterocycles. The third-order valence-corrected chi connectivity index (χ3v) is 3.92. The largest absolute Gasteiger partial charge is 0.352 e. The topological polar surface area (TPSA) is 32.3 Å². The Bertz CT molecular complexity index is 251. The Morgan fingerprint density at radius 1 is 1.31 bits per heavy atom. The molecule has 92 valence electrons. The molecule has 0 radical (unpaired) electrons. The highest BCUT2D eigenvalue weighted by atomic mass is 16.1. The number of piperidine rings is 1. The average molecular weight is 224 g/mol. The van der Waals surface area contributed by atoms with Gasteiger partial charge in [-0.2, -0.15) is 0 Å². The Labute approximate surface area is 98.6 Å². The molecule has 2 aliphatic rings. The highest BCUT2D eigenvalue weighted by molar-refractivity contribution is 5.73. The van der Waals surface area contributed by atoms with Gasteiger partial charge < -0.3 is 5.32 Å². The molecular formula is C13H24N2O. The lowest BCUT2D eigenvalue weighted by Crippen LogP contribution is -2.52. The molecule has 0 bridgehead atoms. The van der Waals surface area contributed by atoms with Crippen LogP contribution in [0.1, 0.15) is 40.0 Å². The molecule has 3 heteroatoms. The summed E-state index contributed by atoms with van der Waals surface area (Å²) in [5.74, 6) is 1.58. The van der Waals surface area contributed by atoms with Crippen LogP contribution in [0.3, 0.4) is 0 Å². The Morgan fingerprint density at radius 3 is 2.50 bits per heavy atom. The second kappa shape index (κ2) is 4.74. The first-order valence-corrected chi connectivity index (χ1v) is 6.57. The molecule has 1 amide bonds. The molecule has 1 saturated heterocycles. The van der Waals surface area contributed by atoms with Crippen LogP contribution in [0.2, 0.25) is 0 Å². The van der Waals surface area contributed by atoms with Crippen LogP contribution >= 0.6 is 0 Å². The van der Waals surface area contributed by atoms with Crippen LogP contribution in [0.4, 0.5) is 0 Å². The van der Waals surface area contributed by atoms with Gasteiger partial charge in [0, 0.05) is 32.1 Å². The predicted molar refractivity (Wildman–Crippen MR) is 65.1 cm³/mol. The van der Waals surface area contributed by atoms with Gasteiger partial charge >= 0.3 is 0 Å². The zero-order valence-corrected chi connectivity index (χ0v) is 10.7. The van der Waals surface area contributed by atoms with E-state index < -0.39 is 0 Å². The van der Waals surface area contributed by atoms with Gasteiger partial charge in [-0.1, -0.05) is 13.8 Å². The summed E-state index contributed by atoms with van der Waals surface area (Å²) in [7, 11) is 0. The molecule has 0 spiro atoms. The van der Waals surface area contributed by atoms with E-state index in [-0.39, 0.29) is 5.91 Å². The Kier molecular flexibility index (Phi) is 3.53. The molecule has 1 aliphatic carbocycles. The first-order valence-electron chi connectivity index (χ1n) is 6.57. The standard InChI is InChI=1S/C13H24N2O/c1-9(2)11-6-12(14-10(3)16)8-15(7-11)13-4-5-13/h9,11-13H,4-8H2,1-3H3,(H,14,16). The van der Waals surface area contributed by atoms with Crippen LogP contribution < -0.4 is 5.32 Å². The van der Waals surface area contributed by atoms with E-state index in [0.29, 0.717) is 6.04 Å². The summed E-state index contributed by atoms with van der Waals surface area (Å²) < 4.78 is 0. The van der Waals surface area contributed by atoms with Crippen molar-refractivity contribution in [1.82, 2.24) is 10.2 Å². The van der Waals surface area contributed by atoms with E-state index in [2.05, 4.69) is 24.1 Å². The number of carbonyl (C=O) groups excluding carboxylic acids is 1. The number of carbonyl (C=O) groups is 1. The summed E-state index contributed by atoms with van der Waals surface area (Å²) in [6, 6.07) is 1.19. The molecule has 2 unspecified atom stereocenters. The average Bonchev–Trinajstić information content (AvgIpc) is 2.98. The van der Waals surface area contributed by atoms with Gasteiger partial charge in [0.2, 0.25) is 5.91 Å². The fourth-order valence-corrected chi connectivity index (χ4v) is 2.79. The number of rotatable bonds is 3. The summed E-state index contributed by atoms with van der Waals surface area (Å²) in [5, 5.41) is 3.10. The molecule has 2 fully saturated rings. The van der Waals surface area contributed by atoms with Gasteiger partial charge in [-0.15, -0.1) is 0 Å². The van der Waals surface area contributed by atoms with Crippen molar-refractivity contribution in [2.45, 2.75) is 52.1 Å². The van der Waals surface area contributed by atoms with Crippen LogP contribution in [-0.4, -0.2) is 36.0 Å². The Morgan fingerprint density at radius 2 is 2.00 bits per heavy atom. The zero-order valence-electron chi connectivity index (χ0n) is 10.7. The maximum atomic E-state index is 11.2. The van der Waals surface area contributed by atoms with Gasteiger partial charge in [-0.05, 0) is 31.1 Å². The summed E-state index contributed by atoms with van der Waals surface area (Å²) >= 11 is 0. The number of nitrogens with one attached hydrogen (secondary N) is 1. The lowest BCUT2D eigenvalue weighted by molar-refractivity contribution is -0.120. The van der Waals surface area contributed by atoms with E-state index in [9.17, 15) is 4.79 Å². The smallest absolute Gasteiger partial charge is 0.217 e. The van der Waals surface area contributed by atoms with E-state index in [1.165, 1.54) is 19.4 Å². The maximum Gasteiger partial charge on any atom is 0.217 e. The van der Waals surface area contributed by atoms with Crippen molar-refractivity contribution in [3.63, 3.8) is 0 Å². The van der Waals surface area contributed by atoms with Crippen LogP contribution in [-0.2, 0) is 4.79 Å². The van der Waals surface area contributed by atoms with Crippen LogP contribution in [0.5, 0.6) is 0 Å². The normalized spacial score (nSPS) is 31.8. The number of amides is 1. The molecule has 1 saturated carbocycles.